The minimum atomic E-state index is -1.28. The van der Waals surface area contributed by atoms with E-state index >= 15 is 0 Å². The van der Waals surface area contributed by atoms with Crippen LogP contribution in [-0.4, -0.2) is 60.8 Å². The van der Waals surface area contributed by atoms with Gasteiger partial charge in [-0.3, -0.25) is 9.69 Å². The fourth-order valence-electron chi connectivity index (χ4n) is 5.32. The van der Waals surface area contributed by atoms with Crippen LogP contribution in [0.5, 0.6) is 0 Å². The molecule has 0 spiro atoms. The molecule has 2 aliphatic heterocycles. The van der Waals surface area contributed by atoms with E-state index in [4.69, 9.17) is 0 Å². The van der Waals surface area contributed by atoms with E-state index in [9.17, 15) is 14.3 Å². The highest BCUT2D eigenvalue weighted by atomic mass is 19.1. The molecule has 10 nitrogen and oxygen atoms in total. The molecule has 36 heavy (non-hydrogen) atoms. The molecule has 1 saturated heterocycles. The Kier molecular flexibility index (Phi) is 6.12. The number of rotatable bonds is 7. The number of aryl methyl sites for hydroxylation is 1. The van der Waals surface area contributed by atoms with Crippen molar-refractivity contribution >= 4 is 5.70 Å². The number of allylic oxidation sites excluding steroid dienone is 1. The number of nitrogens with one attached hydrogen (secondary N) is 3. The van der Waals surface area contributed by atoms with Crippen LogP contribution in [0.4, 0.5) is 4.39 Å². The third-order valence-corrected chi connectivity index (χ3v) is 7.26. The Hall–Kier alpha value is -3.41. The molecule has 0 amide bonds. The number of halogens is 1. The van der Waals surface area contributed by atoms with Crippen molar-refractivity contribution in [2.45, 2.75) is 50.5 Å². The number of aromatic amines is 1. The lowest BCUT2D eigenvalue weighted by Crippen LogP contribution is -2.37. The normalized spacial score (nSPS) is 23.3. The molecule has 3 aromatic rings. The number of hydrogen-bond donors (Lipinski definition) is 4. The summed E-state index contributed by atoms with van der Waals surface area (Å²) in [6.07, 6.45) is 3.47. The van der Waals surface area contributed by atoms with Gasteiger partial charge in [-0.15, -0.1) is 0 Å². The van der Waals surface area contributed by atoms with Crippen molar-refractivity contribution in [3.63, 3.8) is 0 Å². The van der Waals surface area contributed by atoms with Crippen LogP contribution in [0.3, 0.4) is 0 Å². The van der Waals surface area contributed by atoms with Crippen molar-refractivity contribution in [2.24, 2.45) is 0 Å². The van der Waals surface area contributed by atoms with E-state index in [1.165, 1.54) is 24.4 Å². The van der Waals surface area contributed by atoms with Gasteiger partial charge in [-0.25, -0.2) is 24.6 Å². The quantitative estimate of drug-likeness (QED) is 0.388. The Morgan fingerprint density at radius 2 is 2.03 bits per heavy atom. The van der Waals surface area contributed by atoms with Crippen LogP contribution in [0, 0.1) is 0 Å². The highest BCUT2D eigenvalue weighted by molar-refractivity contribution is 5.72. The minimum absolute atomic E-state index is 0.00878. The summed E-state index contributed by atoms with van der Waals surface area (Å²) in [7, 11) is 0. The first kappa shape index (κ1) is 23.0. The molecule has 3 atom stereocenters. The number of aliphatic hydroxyl groups is 1. The van der Waals surface area contributed by atoms with E-state index in [0.717, 1.165) is 25.2 Å². The molecule has 11 heteroatoms. The number of benzene rings is 1. The van der Waals surface area contributed by atoms with Crippen LogP contribution in [0.15, 0.2) is 41.5 Å². The number of aliphatic hydroxyl groups excluding tert-OH is 1. The highest BCUT2D eigenvalue weighted by Gasteiger charge is 2.39. The van der Waals surface area contributed by atoms with Crippen LogP contribution in [0.25, 0.3) is 5.70 Å². The molecule has 0 saturated carbocycles. The minimum Gasteiger partial charge on any atom is -0.396 e. The number of nitrogens with zero attached hydrogens (tertiary/aromatic N) is 5. The predicted octanol–water partition coefficient (Wildman–Crippen LogP) is 1.17. The topological polar surface area (TPSA) is 124 Å². The Balaban J connectivity index is 1.46. The van der Waals surface area contributed by atoms with E-state index in [0.29, 0.717) is 41.3 Å². The van der Waals surface area contributed by atoms with E-state index in [1.807, 2.05) is 0 Å². The Labute approximate surface area is 207 Å². The van der Waals surface area contributed by atoms with Crippen LogP contribution in [-0.2, 0) is 19.5 Å². The van der Waals surface area contributed by atoms with Gasteiger partial charge in [0.05, 0.1) is 23.4 Å². The highest BCUT2D eigenvalue weighted by Crippen LogP contribution is 2.41. The molecule has 1 aromatic carbocycles. The van der Waals surface area contributed by atoms with Gasteiger partial charge in [-0.2, -0.15) is 10.2 Å². The van der Waals surface area contributed by atoms with Crippen molar-refractivity contribution in [2.75, 3.05) is 19.7 Å². The zero-order valence-electron chi connectivity index (χ0n) is 19.8. The van der Waals surface area contributed by atoms with Gasteiger partial charge in [0.15, 0.2) is 0 Å². The maximum absolute atomic E-state index is 14.6. The average Bonchev–Trinajstić information content (AvgIpc) is 3.25. The summed E-state index contributed by atoms with van der Waals surface area (Å²) in [5.74, 6) is 0.213. The smallest absolute Gasteiger partial charge is 0.268 e. The molecule has 6 rings (SSSR count). The Bertz CT molecular complexity index is 1330. The first-order valence-corrected chi connectivity index (χ1v) is 12.4. The summed E-state index contributed by atoms with van der Waals surface area (Å²) >= 11 is 0. The Morgan fingerprint density at radius 1 is 1.19 bits per heavy atom. The largest absolute Gasteiger partial charge is 0.396 e. The molecule has 4 heterocycles. The van der Waals surface area contributed by atoms with Crippen molar-refractivity contribution in [1.82, 2.24) is 40.7 Å². The molecular formula is C25H29FN8O2. The van der Waals surface area contributed by atoms with Gasteiger partial charge in [0.25, 0.3) is 5.56 Å². The summed E-state index contributed by atoms with van der Waals surface area (Å²) in [5, 5.41) is 20.9. The van der Waals surface area contributed by atoms with Crippen molar-refractivity contribution in [3.05, 3.63) is 80.8 Å². The standard InChI is InChI=1S/C25H29FN8O2/c26-17-11-18-20-19(12-17)29-30-22(16-5-3-15(4-6-16)13-33-7-1-8-33)21(23(20)31-32-25(18)36)24-27-14-28-34(24)9-2-10-35/h3-6,12,14,17,21-22,29-30,35H,1-2,7-11,13H2,(H,32,36). The maximum atomic E-state index is 14.6. The molecule has 4 N–H and O–H groups in total. The average molecular weight is 493 g/mol. The molecule has 3 unspecified atom stereocenters. The summed E-state index contributed by atoms with van der Waals surface area (Å²) in [6.45, 7) is 3.71. The van der Waals surface area contributed by atoms with E-state index in [1.54, 1.807) is 4.68 Å². The lowest BCUT2D eigenvalue weighted by atomic mass is 9.84. The second kappa shape index (κ2) is 9.57. The van der Waals surface area contributed by atoms with Gasteiger partial charge < -0.3 is 10.5 Å². The van der Waals surface area contributed by atoms with Gasteiger partial charge in [0, 0.05) is 37.2 Å². The van der Waals surface area contributed by atoms with Crippen LogP contribution in [0.1, 0.15) is 58.6 Å². The van der Waals surface area contributed by atoms with Gasteiger partial charge in [0.2, 0.25) is 0 Å². The third kappa shape index (κ3) is 4.12. The third-order valence-electron chi connectivity index (χ3n) is 7.26. The zero-order valence-corrected chi connectivity index (χ0v) is 19.8. The predicted molar refractivity (Wildman–Crippen MR) is 130 cm³/mol. The molecule has 2 aromatic heterocycles. The first-order chi connectivity index (χ1) is 17.6. The molecule has 3 aliphatic rings. The van der Waals surface area contributed by atoms with Crippen LogP contribution >= 0.6 is 0 Å². The monoisotopic (exact) mass is 492 g/mol. The molecule has 1 aliphatic carbocycles. The lowest BCUT2D eigenvalue weighted by Gasteiger charge is -2.31. The number of hydrazine groups is 1. The summed E-state index contributed by atoms with van der Waals surface area (Å²) in [5.41, 5.74) is 10.5. The number of hydrogen-bond acceptors (Lipinski definition) is 8. The summed E-state index contributed by atoms with van der Waals surface area (Å²) in [4.78, 5) is 19.6. The lowest BCUT2D eigenvalue weighted by molar-refractivity contribution is 0.172. The van der Waals surface area contributed by atoms with E-state index in [-0.39, 0.29) is 19.1 Å². The number of aromatic nitrogens is 5. The van der Waals surface area contributed by atoms with Gasteiger partial charge >= 0.3 is 0 Å². The number of H-pyrrole nitrogens is 1. The number of alkyl halides is 1. The fourth-order valence-corrected chi connectivity index (χ4v) is 5.32. The van der Waals surface area contributed by atoms with Gasteiger partial charge in [-0.05, 0) is 43.1 Å². The van der Waals surface area contributed by atoms with Gasteiger partial charge in [0.1, 0.15) is 18.3 Å². The summed E-state index contributed by atoms with van der Waals surface area (Å²) < 4.78 is 16.3. The van der Waals surface area contributed by atoms with Crippen LogP contribution < -0.4 is 16.4 Å². The van der Waals surface area contributed by atoms with E-state index in [2.05, 4.69) is 60.3 Å². The second-order valence-electron chi connectivity index (χ2n) is 9.61. The molecular weight excluding hydrogens is 463 g/mol. The van der Waals surface area contributed by atoms with Crippen molar-refractivity contribution < 1.29 is 9.50 Å². The molecule has 0 bridgehead atoms. The fraction of sp³-hybridized carbons (Fsp3) is 0.440. The first-order valence-electron chi connectivity index (χ1n) is 12.4. The second-order valence-corrected chi connectivity index (χ2v) is 9.61. The molecule has 0 radical (unpaired) electrons. The summed E-state index contributed by atoms with van der Waals surface area (Å²) in [6, 6.07) is 8.11. The van der Waals surface area contributed by atoms with E-state index < -0.39 is 17.6 Å². The van der Waals surface area contributed by atoms with Crippen LogP contribution in [0.2, 0.25) is 0 Å². The molecule has 188 valence electrons. The SMILES string of the molecule is O=c1[nH]nc2c3c1CC(F)C=C3NNC(c1ccc(CN3CCC3)cc1)C2c1ncnn1CCCO. The van der Waals surface area contributed by atoms with Crippen molar-refractivity contribution in [3.8, 4) is 0 Å². The maximum Gasteiger partial charge on any atom is 0.268 e. The van der Waals surface area contributed by atoms with Gasteiger partial charge in [-0.1, -0.05) is 24.3 Å². The Morgan fingerprint density at radius 3 is 2.78 bits per heavy atom. The molecule has 1 fully saturated rings. The number of likely N-dealkylation sites (tertiary alicyclic amines) is 1. The van der Waals surface area contributed by atoms with Crippen molar-refractivity contribution in [1.29, 1.82) is 0 Å². The zero-order chi connectivity index (χ0) is 24.6.